The number of primary amides is 1. The van der Waals surface area contributed by atoms with Crippen LogP contribution >= 0.6 is 11.3 Å². The smallest absolute Gasteiger partial charge is 0.252 e. The quantitative estimate of drug-likeness (QED) is 0.609. The molecule has 1 atom stereocenters. The van der Waals surface area contributed by atoms with Crippen molar-refractivity contribution in [2.45, 2.75) is 26.2 Å². The first kappa shape index (κ1) is 19.8. The van der Waals surface area contributed by atoms with E-state index in [1.165, 1.54) is 17.4 Å². The maximum atomic E-state index is 13.9. The van der Waals surface area contributed by atoms with Gasteiger partial charge in [0.25, 0.3) is 5.91 Å². The minimum atomic E-state index is -0.597. The van der Waals surface area contributed by atoms with E-state index >= 15 is 0 Å². The Kier molecular flexibility index (Phi) is 5.90. The minimum absolute atomic E-state index is 0.0940. The topological polar surface area (TPSA) is 72.2 Å². The molecule has 3 aromatic rings. The van der Waals surface area contributed by atoms with Gasteiger partial charge in [-0.2, -0.15) is 0 Å². The summed E-state index contributed by atoms with van der Waals surface area (Å²) in [4.78, 5) is 25.6. The van der Waals surface area contributed by atoms with Crippen LogP contribution in [-0.4, -0.2) is 11.8 Å². The Morgan fingerprint density at radius 2 is 1.75 bits per heavy atom. The molecule has 0 aliphatic rings. The van der Waals surface area contributed by atoms with Gasteiger partial charge in [0.2, 0.25) is 5.91 Å². The standard InChI is InChI=1S/C22H21FN2O2S/c1-13(16-10-6-7-11-17(16)23)12-18(26)25-22-20(21(24)27)19(14(2)28-22)15-8-4-3-5-9-15/h3-11,13H,12H2,1-2H3,(H2,24,27)(H,25,26). The van der Waals surface area contributed by atoms with E-state index in [1.807, 2.05) is 37.3 Å². The molecule has 0 radical (unpaired) electrons. The highest BCUT2D eigenvalue weighted by molar-refractivity contribution is 7.17. The Morgan fingerprint density at radius 1 is 1.11 bits per heavy atom. The molecule has 28 heavy (non-hydrogen) atoms. The van der Waals surface area contributed by atoms with Crippen LogP contribution in [-0.2, 0) is 4.79 Å². The molecule has 4 nitrogen and oxygen atoms in total. The lowest BCUT2D eigenvalue weighted by atomic mass is 9.97. The fourth-order valence-corrected chi connectivity index (χ4v) is 4.36. The third kappa shape index (κ3) is 4.12. The molecule has 1 aromatic heterocycles. The van der Waals surface area contributed by atoms with Gasteiger partial charge in [-0.3, -0.25) is 9.59 Å². The van der Waals surface area contributed by atoms with Crippen LogP contribution in [0.2, 0.25) is 0 Å². The number of nitrogens with two attached hydrogens (primary N) is 1. The second kappa shape index (κ2) is 8.35. The van der Waals surface area contributed by atoms with Crippen molar-refractivity contribution in [3.05, 3.63) is 76.4 Å². The van der Waals surface area contributed by atoms with Gasteiger partial charge in [-0.05, 0) is 30.0 Å². The van der Waals surface area contributed by atoms with Gasteiger partial charge < -0.3 is 11.1 Å². The number of rotatable bonds is 6. The summed E-state index contributed by atoms with van der Waals surface area (Å²) in [5.74, 6) is -1.52. The van der Waals surface area contributed by atoms with Crippen molar-refractivity contribution in [2.75, 3.05) is 5.32 Å². The van der Waals surface area contributed by atoms with Gasteiger partial charge in [0.05, 0.1) is 5.56 Å². The summed E-state index contributed by atoms with van der Waals surface area (Å²) in [7, 11) is 0. The predicted octanol–water partition coefficient (Wildman–Crippen LogP) is 5.09. The number of hydrogen-bond donors (Lipinski definition) is 2. The van der Waals surface area contributed by atoms with Crippen molar-refractivity contribution in [3.8, 4) is 11.1 Å². The molecule has 6 heteroatoms. The van der Waals surface area contributed by atoms with Crippen LogP contribution in [0, 0.1) is 12.7 Å². The minimum Gasteiger partial charge on any atom is -0.365 e. The van der Waals surface area contributed by atoms with Gasteiger partial charge in [-0.1, -0.05) is 55.5 Å². The Bertz CT molecular complexity index is 1010. The molecule has 0 aliphatic carbocycles. The van der Waals surface area contributed by atoms with Gasteiger partial charge in [0, 0.05) is 16.9 Å². The maximum absolute atomic E-state index is 13.9. The molecular weight excluding hydrogens is 375 g/mol. The number of aryl methyl sites for hydroxylation is 1. The first-order valence-electron chi connectivity index (χ1n) is 8.91. The molecule has 2 aromatic carbocycles. The zero-order valence-corrected chi connectivity index (χ0v) is 16.5. The monoisotopic (exact) mass is 396 g/mol. The van der Waals surface area contributed by atoms with E-state index < -0.39 is 5.91 Å². The van der Waals surface area contributed by atoms with Crippen LogP contribution in [0.1, 0.15) is 40.1 Å². The molecule has 0 aliphatic heterocycles. The zero-order valence-electron chi connectivity index (χ0n) is 15.7. The van der Waals surface area contributed by atoms with Crippen LogP contribution in [0.15, 0.2) is 54.6 Å². The summed E-state index contributed by atoms with van der Waals surface area (Å²) in [5, 5.41) is 3.22. The SMILES string of the molecule is Cc1sc(NC(=O)CC(C)c2ccccc2F)c(C(N)=O)c1-c1ccccc1. The lowest BCUT2D eigenvalue weighted by Crippen LogP contribution is -2.18. The number of thiophene rings is 1. The number of amides is 2. The Morgan fingerprint density at radius 3 is 2.39 bits per heavy atom. The summed E-state index contributed by atoms with van der Waals surface area (Å²) in [5.41, 5.74) is 8.01. The summed E-state index contributed by atoms with van der Waals surface area (Å²) in [6, 6.07) is 15.9. The predicted molar refractivity (Wildman–Crippen MR) is 111 cm³/mol. The Hall–Kier alpha value is -2.99. The van der Waals surface area contributed by atoms with E-state index in [-0.39, 0.29) is 24.1 Å². The second-order valence-corrected chi connectivity index (χ2v) is 7.87. The summed E-state index contributed by atoms with van der Waals surface area (Å²) in [6.07, 6.45) is 0.0940. The van der Waals surface area contributed by atoms with Crippen LogP contribution in [0.25, 0.3) is 11.1 Å². The summed E-state index contributed by atoms with van der Waals surface area (Å²) < 4.78 is 13.9. The number of carbonyl (C=O) groups is 2. The maximum Gasteiger partial charge on any atom is 0.252 e. The van der Waals surface area contributed by atoms with Gasteiger partial charge in [0.1, 0.15) is 10.8 Å². The van der Waals surface area contributed by atoms with Crippen LogP contribution in [0.3, 0.4) is 0 Å². The van der Waals surface area contributed by atoms with Gasteiger partial charge in [0.15, 0.2) is 0 Å². The molecule has 1 unspecified atom stereocenters. The lowest BCUT2D eigenvalue weighted by molar-refractivity contribution is -0.116. The van der Waals surface area contributed by atoms with Gasteiger partial charge in [-0.15, -0.1) is 11.3 Å². The number of hydrogen-bond acceptors (Lipinski definition) is 3. The summed E-state index contributed by atoms with van der Waals surface area (Å²) >= 11 is 1.31. The van der Waals surface area contributed by atoms with Gasteiger partial charge in [-0.25, -0.2) is 4.39 Å². The molecule has 3 N–H and O–H groups in total. The van der Waals surface area contributed by atoms with Crippen LogP contribution in [0.4, 0.5) is 9.39 Å². The first-order chi connectivity index (χ1) is 13.4. The molecule has 0 bridgehead atoms. The third-order valence-electron chi connectivity index (χ3n) is 4.57. The summed E-state index contributed by atoms with van der Waals surface area (Å²) in [6.45, 7) is 3.68. The van der Waals surface area contributed by atoms with E-state index in [4.69, 9.17) is 5.73 Å². The van der Waals surface area contributed by atoms with Gasteiger partial charge >= 0.3 is 0 Å². The average Bonchev–Trinajstić information content (AvgIpc) is 2.98. The molecule has 144 valence electrons. The average molecular weight is 396 g/mol. The Balaban J connectivity index is 1.85. The van der Waals surface area contributed by atoms with Crippen molar-refractivity contribution in [3.63, 3.8) is 0 Å². The van der Waals surface area contributed by atoms with E-state index in [1.54, 1.807) is 25.1 Å². The first-order valence-corrected chi connectivity index (χ1v) is 9.73. The largest absolute Gasteiger partial charge is 0.365 e. The molecule has 3 rings (SSSR count). The van der Waals surface area contributed by atoms with Crippen molar-refractivity contribution in [1.82, 2.24) is 0 Å². The van der Waals surface area contributed by atoms with Crippen molar-refractivity contribution >= 4 is 28.2 Å². The highest BCUT2D eigenvalue weighted by atomic mass is 32.1. The molecule has 1 heterocycles. The van der Waals surface area contributed by atoms with Crippen molar-refractivity contribution in [1.29, 1.82) is 0 Å². The lowest BCUT2D eigenvalue weighted by Gasteiger charge is -2.13. The number of nitrogens with one attached hydrogen (secondary N) is 1. The second-order valence-electron chi connectivity index (χ2n) is 6.64. The van der Waals surface area contributed by atoms with E-state index in [0.717, 1.165) is 16.0 Å². The molecular formula is C22H21FN2O2S. The molecule has 0 saturated carbocycles. The highest BCUT2D eigenvalue weighted by Gasteiger charge is 2.23. The number of anilines is 1. The number of carbonyl (C=O) groups excluding carboxylic acids is 2. The van der Waals surface area contributed by atoms with E-state index in [0.29, 0.717) is 16.1 Å². The molecule has 0 saturated heterocycles. The van der Waals surface area contributed by atoms with Crippen LogP contribution < -0.4 is 11.1 Å². The molecule has 0 fully saturated rings. The number of halogens is 1. The van der Waals surface area contributed by atoms with Crippen molar-refractivity contribution in [2.24, 2.45) is 5.73 Å². The van der Waals surface area contributed by atoms with Crippen molar-refractivity contribution < 1.29 is 14.0 Å². The molecule has 0 spiro atoms. The normalized spacial score (nSPS) is 11.8. The van der Waals surface area contributed by atoms with Crippen LogP contribution in [0.5, 0.6) is 0 Å². The fraction of sp³-hybridized carbons (Fsp3) is 0.182. The number of benzene rings is 2. The van der Waals surface area contributed by atoms with E-state index in [9.17, 15) is 14.0 Å². The Labute approximate surface area is 167 Å². The fourth-order valence-electron chi connectivity index (χ4n) is 3.26. The van der Waals surface area contributed by atoms with E-state index in [2.05, 4.69) is 5.32 Å². The third-order valence-corrected chi connectivity index (χ3v) is 5.59. The highest BCUT2D eigenvalue weighted by Crippen LogP contribution is 2.39. The molecule has 2 amide bonds. The zero-order chi connectivity index (χ0) is 20.3.